The molecule has 0 spiro atoms. The number of sulfonamides is 1. The Morgan fingerprint density at radius 2 is 2.00 bits per heavy atom. The minimum Gasteiger partial charge on any atom is -0.330 e. The summed E-state index contributed by atoms with van der Waals surface area (Å²) in [5.74, 6) is 0.121. The van der Waals surface area contributed by atoms with Gasteiger partial charge in [-0.3, -0.25) is 4.98 Å². The molecule has 106 valence electrons. The number of aryl methyl sites for hydroxylation is 1. The SMILES string of the molecule is NCCC1(CNS(=O)(=O)CCc2ccncc2)CC1. The molecule has 1 aromatic rings. The van der Waals surface area contributed by atoms with Crippen molar-refractivity contribution in [1.82, 2.24) is 9.71 Å². The lowest BCUT2D eigenvalue weighted by Gasteiger charge is -2.15. The predicted molar refractivity (Wildman–Crippen MR) is 75.1 cm³/mol. The minimum absolute atomic E-state index is 0.121. The Kier molecular flexibility index (Phi) is 4.54. The molecule has 0 radical (unpaired) electrons. The summed E-state index contributed by atoms with van der Waals surface area (Å²) in [4.78, 5) is 3.91. The lowest BCUT2D eigenvalue weighted by Crippen LogP contribution is -2.33. The third kappa shape index (κ3) is 4.56. The zero-order chi connectivity index (χ0) is 13.8. The van der Waals surface area contributed by atoms with Crippen molar-refractivity contribution in [3.8, 4) is 0 Å². The Morgan fingerprint density at radius 3 is 2.58 bits per heavy atom. The molecule has 6 heteroatoms. The third-order valence-corrected chi connectivity index (χ3v) is 5.03. The highest BCUT2D eigenvalue weighted by atomic mass is 32.2. The number of pyridine rings is 1. The lowest BCUT2D eigenvalue weighted by molar-refractivity contribution is 0.461. The highest BCUT2D eigenvalue weighted by molar-refractivity contribution is 7.89. The van der Waals surface area contributed by atoms with Crippen LogP contribution in [-0.2, 0) is 16.4 Å². The Labute approximate surface area is 114 Å². The van der Waals surface area contributed by atoms with Gasteiger partial charge in [0.1, 0.15) is 0 Å². The molecule has 0 atom stereocenters. The van der Waals surface area contributed by atoms with E-state index in [9.17, 15) is 8.42 Å². The number of nitrogens with one attached hydrogen (secondary N) is 1. The first-order chi connectivity index (χ1) is 9.05. The van der Waals surface area contributed by atoms with E-state index in [-0.39, 0.29) is 11.2 Å². The number of hydrogen-bond donors (Lipinski definition) is 2. The van der Waals surface area contributed by atoms with Gasteiger partial charge in [-0.25, -0.2) is 13.1 Å². The van der Waals surface area contributed by atoms with E-state index in [2.05, 4.69) is 9.71 Å². The fraction of sp³-hybridized carbons (Fsp3) is 0.615. The molecule has 1 fully saturated rings. The van der Waals surface area contributed by atoms with Gasteiger partial charge in [0, 0.05) is 18.9 Å². The van der Waals surface area contributed by atoms with Crippen molar-refractivity contribution in [3.63, 3.8) is 0 Å². The summed E-state index contributed by atoms with van der Waals surface area (Å²) in [5, 5.41) is 0. The molecular formula is C13H21N3O2S. The van der Waals surface area contributed by atoms with Gasteiger partial charge in [-0.15, -0.1) is 0 Å². The maximum Gasteiger partial charge on any atom is 0.211 e. The molecule has 3 N–H and O–H groups in total. The molecule has 19 heavy (non-hydrogen) atoms. The first-order valence-electron chi connectivity index (χ1n) is 6.62. The van der Waals surface area contributed by atoms with E-state index in [1.54, 1.807) is 12.4 Å². The average Bonchev–Trinajstić information content (AvgIpc) is 3.17. The van der Waals surface area contributed by atoms with Gasteiger partial charge in [0.15, 0.2) is 0 Å². The lowest BCUT2D eigenvalue weighted by atomic mass is 10.0. The number of hydrogen-bond acceptors (Lipinski definition) is 4. The van der Waals surface area contributed by atoms with Gasteiger partial charge in [-0.2, -0.15) is 0 Å². The van der Waals surface area contributed by atoms with E-state index >= 15 is 0 Å². The number of aromatic nitrogens is 1. The van der Waals surface area contributed by atoms with Gasteiger partial charge in [-0.05, 0) is 55.3 Å². The Hall–Kier alpha value is -0.980. The molecule has 5 nitrogen and oxygen atoms in total. The summed E-state index contributed by atoms with van der Waals surface area (Å²) in [6, 6.07) is 3.68. The van der Waals surface area contributed by atoms with E-state index in [1.807, 2.05) is 12.1 Å². The fourth-order valence-corrected chi connectivity index (χ4v) is 3.31. The molecule has 0 saturated heterocycles. The second kappa shape index (κ2) is 5.98. The summed E-state index contributed by atoms with van der Waals surface area (Å²) in [5.41, 5.74) is 6.67. The van der Waals surface area contributed by atoms with E-state index in [4.69, 9.17) is 5.73 Å². The monoisotopic (exact) mass is 283 g/mol. The summed E-state index contributed by atoms with van der Waals surface area (Å²) < 4.78 is 26.6. The van der Waals surface area contributed by atoms with E-state index in [0.29, 0.717) is 19.5 Å². The van der Waals surface area contributed by atoms with Crippen molar-refractivity contribution >= 4 is 10.0 Å². The van der Waals surface area contributed by atoms with Crippen LogP contribution in [0.2, 0.25) is 0 Å². The van der Waals surface area contributed by atoms with Crippen LogP contribution in [0.15, 0.2) is 24.5 Å². The van der Waals surface area contributed by atoms with Crippen LogP contribution in [-0.4, -0.2) is 32.2 Å². The molecule has 1 aliphatic carbocycles. The molecule has 1 aliphatic rings. The number of nitrogens with two attached hydrogens (primary N) is 1. The zero-order valence-corrected chi connectivity index (χ0v) is 11.8. The van der Waals surface area contributed by atoms with Gasteiger partial charge < -0.3 is 5.73 Å². The first kappa shape index (κ1) is 14.4. The van der Waals surface area contributed by atoms with Crippen LogP contribution < -0.4 is 10.5 Å². The molecule has 0 aromatic carbocycles. The molecule has 1 saturated carbocycles. The minimum atomic E-state index is -3.20. The summed E-state index contributed by atoms with van der Waals surface area (Å²) in [6.07, 6.45) is 6.93. The Balaban J connectivity index is 1.79. The molecular weight excluding hydrogens is 262 g/mol. The molecule has 2 rings (SSSR count). The molecule has 0 bridgehead atoms. The van der Waals surface area contributed by atoms with Crippen LogP contribution in [0.1, 0.15) is 24.8 Å². The van der Waals surface area contributed by atoms with Crippen LogP contribution in [0, 0.1) is 5.41 Å². The van der Waals surface area contributed by atoms with Crippen LogP contribution >= 0.6 is 0 Å². The largest absolute Gasteiger partial charge is 0.330 e. The van der Waals surface area contributed by atoms with Crippen molar-refractivity contribution in [2.75, 3.05) is 18.8 Å². The highest BCUT2D eigenvalue weighted by Gasteiger charge is 2.42. The van der Waals surface area contributed by atoms with E-state index in [1.165, 1.54) is 0 Å². The van der Waals surface area contributed by atoms with Crippen molar-refractivity contribution in [2.24, 2.45) is 11.1 Å². The van der Waals surface area contributed by atoms with Gasteiger partial charge in [0.2, 0.25) is 10.0 Å². The zero-order valence-electron chi connectivity index (χ0n) is 11.0. The van der Waals surface area contributed by atoms with Crippen molar-refractivity contribution in [2.45, 2.75) is 25.7 Å². The quantitative estimate of drug-likeness (QED) is 0.734. The summed E-state index contributed by atoms with van der Waals surface area (Å²) in [7, 11) is -3.20. The van der Waals surface area contributed by atoms with Crippen LogP contribution in [0.5, 0.6) is 0 Å². The van der Waals surface area contributed by atoms with Crippen molar-refractivity contribution < 1.29 is 8.42 Å². The maximum atomic E-state index is 11.9. The predicted octanol–water partition coefficient (Wildman–Crippen LogP) is 0.673. The fourth-order valence-electron chi connectivity index (χ4n) is 2.14. The van der Waals surface area contributed by atoms with Gasteiger partial charge in [-0.1, -0.05) is 0 Å². The normalized spacial score (nSPS) is 17.3. The summed E-state index contributed by atoms with van der Waals surface area (Å²) >= 11 is 0. The van der Waals surface area contributed by atoms with Crippen LogP contribution in [0.3, 0.4) is 0 Å². The molecule has 1 heterocycles. The molecule has 1 aromatic heterocycles. The van der Waals surface area contributed by atoms with Crippen LogP contribution in [0.4, 0.5) is 0 Å². The first-order valence-corrected chi connectivity index (χ1v) is 8.27. The second-order valence-electron chi connectivity index (χ2n) is 5.28. The average molecular weight is 283 g/mol. The van der Waals surface area contributed by atoms with E-state index < -0.39 is 10.0 Å². The standard InChI is InChI=1S/C13H21N3O2S/c14-7-6-13(4-5-13)11-16-19(17,18)10-3-12-1-8-15-9-2-12/h1-2,8-9,16H,3-7,10-11,14H2. The smallest absolute Gasteiger partial charge is 0.211 e. The van der Waals surface area contributed by atoms with Crippen molar-refractivity contribution in [3.05, 3.63) is 30.1 Å². The molecule has 0 amide bonds. The van der Waals surface area contributed by atoms with E-state index in [0.717, 1.165) is 24.8 Å². The highest BCUT2D eigenvalue weighted by Crippen LogP contribution is 2.47. The third-order valence-electron chi connectivity index (χ3n) is 3.71. The Morgan fingerprint density at radius 1 is 1.32 bits per heavy atom. The van der Waals surface area contributed by atoms with Crippen molar-refractivity contribution in [1.29, 1.82) is 0 Å². The van der Waals surface area contributed by atoms with Gasteiger partial charge >= 0.3 is 0 Å². The van der Waals surface area contributed by atoms with Gasteiger partial charge in [0.05, 0.1) is 5.75 Å². The summed E-state index contributed by atoms with van der Waals surface area (Å²) in [6.45, 7) is 1.15. The maximum absolute atomic E-state index is 11.9. The molecule has 0 unspecified atom stereocenters. The molecule has 0 aliphatic heterocycles. The topological polar surface area (TPSA) is 85.1 Å². The second-order valence-corrected chi connectivity index (χ2v) is 7.21. The Bertz CT molecular complexity index is 498. The number of rotatable bonds is 8. The van der Waals surface area contributed by atoms with Crippen LogP contribution in [0.25, 0.3) is 0 Å². The number of nitrogens with zero attached hydrogens (tertiary/aromatic N) is 1. The van der Waals surface area contributed by atoms with Gasteiger partial charge in [0.25, 0.3) is 0 Å².